The van der Waals surface area contributed by atoms with Gasteiger partial charge in [0.15, 0.2) is 0 Å². The summed E-state index contributed by atoms with van der Waals surface area (Å²) in [4.78, 5) is 0. The van der Waals surface area contributed by atoms with Crippen LogP contribution in [0.15, 0.2) is 48.5 Å². The van der Waals surface area contributed by atoms with Crippen molar-refractivity contribution in [3.8, 4) is 0 Å². The molecule has 20 heavy (non-hydrogen) atoms. The number of aliphatic hydroxyl groups is 1. The molecule has 0 fully saturated rings. The standard InChI is InChI=1S/C15H12F4O/c1-14(20,10-6-8-11(16)9-7-10)12-4-2-3-5-13(12)15(17,18)19/h2-9,20H,1H3. The topological polar surface area (TPSA) is 20.2 Å². The van der Waals surface area contributed by atoms with Gasteiger partial charge in [-0.25, -0.2) is 4.39 Å². The van der Waals surface area contributed by atoms with E-state index >= 15 is 0 Å². The van der Waals surface area contributed by atoms with E-state index < -0.39 is 23.2 Å². The highest BCUT2D eigenvalue weighted by molar-refractivity contribution is 5.41. The summed E-state index contributed by atoms with van der Waals surface area (Å²) in [7, 11) is 0. The molecule has 1 N–H and O–H groups in total. The lowest BCUT2D eigenvalue weighted by Crippen LogP contribution is -2.26. The second-order valence-electron chi connectivity index (χ2n) is 4.62. The minimum atomic E-state index is -4.57. The Morgan fingerprint density at radius 3 is 1.85 bits per heavy atom. The third-order valence-corrected chi connectivity index (χ3v) is 3.16. The molecule has 0 saturated carbocycles. The van der Waals surface area contributed by atoms with Gasteiger partial charge in [-0.05, 0) is 36.2 Å². The molecule has 0 saturated heterocycles. The molecular formula is C15H12F4O. The third-order valence-electron chi connectivity index (χ3n) is 3.16. The maximum absolute atomic E-state index is 13.0. The lowest BCUT2D eigenvalue weighted by Gasteiger charge is -2.27. The van der Waals surface area contributed by atoms with Gasteiger partial charge in [0, 0.05) is 0 Å². The molecule has 2 aromatic rings. The first-order valence-corrected chi connectivity index (χ1v) is 5.88. The zero-order valence-corrected chi connectivity index (χ0v) is 10.6. The quantitative estimate of drug-likeness (QED) is 0.823. The van der Waals surface area contributed by atoms with Crippen molar-refractivity contribution in [3.63, 3.8) is 0 Å². The Morgan fingerprint density at radius 2 is 1.35 bits per heavy atom. The summed E-state index contributed by atoms with van der Waals surface area (Å²) < 4.78 is 51.8. The van der Waals surface area contributed by atoms with Gasteiger partial charge in [0.1, 0.15) is 11.4 Å². The average molecular weight is 284 g/mol. The molecule has 2 aromatic carbocycles. The molecule has 0 spiro atoms. The Balaban J connectivity index is 2.57. The molecule has 0 radical (unpaired) electrons. The summed E-state index contributed by atoms with van der Waals surface area (Å²) >= 11 is 0. The first kappa shape index (κ1) is 14.5. The summed E-state index contributed by atoms with van der Waals surface area (Å²) in [6.45, 7) is 1.25. The molecule has 0 amide bonds. The second-order valence-corrected chi connectivity index (χ2v) is 4.62. The molecule has 106 valence electrons. The van der Waals surface area contributed by atoms with E-state index in [1.54, 1.807) is 0 Å². The van der Waals surface area contributed by atoms with E-state index in [-0.39, 0.29) is 11.1 Å². The van der Waals surface area contributed by atoms with Crippen LogP contribution in [0.3, 0.4) is 0 Å². The molecule has 2 rings (SSSR count). The highest BCUT2D eigenvalue weighted by Gasteiger charge is 2.39. The van der Waals surface area contributed by atoms with Gasteiger partial charge in [0.2, 0.25) is 0 Å². The van der Waals surface area contributed by atoms with Crippen molar-refractivity contribution in [2.24, 2.45) is 0 Å². The van der Waals surface area contributed by atoms with Crippen molar-refractivity contribution >= 4 is 0 Å². The number of alkyl halides is 3. The minimum absolute atomic E-state index is 0.190. The summed E-state index contributed by atoms with van der Waals surface area (Å²) in [5.74, 6) is -0.520. The number of benzene rings is 2. The van der Waals surface area contributed by atoms with Crippen LogP contribution in [0.5, 0.6) is 0 Å². The number of rotatable bonds is 2. The van der Waals surface area contributed by atoms with Gasteiger partial charge >= 0.3 is 6.18 Å². The van der Waals surface area contributed by atoms with E-state index in [0.29, 0.717) is 0 Å². The summed E-state index contributed by atoms with van der Waals surface area (Å²) in [5.41, 5.74) is -2.84. The van der Waals surface area contributed by atoms with Crippen LogP contribution in [-0.2, 0) is 11.8 Å². The van der Waals surface area contributed by atoms with E-state index in [1.807, 2.05) is 0 Å². The average Bonchev–Trinajstić information content (AvgIpc) is 2.38. The molecule has 0 bridgehead atoms. The Bertz CT molecular complexity index is 600. The molecule has 1 atom stereocenters. The summed E-state index contributed by atoms with van der Waals surface area (Å²) in [5, 5.41) is 10.5. The van der Waals surface area contributed by atoms with Crippen LogP contribution in [0.2, 0.25) is 0 Å². The van der Waals surface area contributed by atoms with Gasteiger partial charge < -0.3 is 5.11 Å². The number of halogens is 4. The first-order chi connectivity index (χ1) is 9.23. The van der Waals surface area contributed by atoms with Crippen LogP contribution >= 0.6 is 0 Å². The minimum Gasteiger partial charge on any atom is -0.381 e. The molecular weight excluding hydrogens is 272 g/mol. The predicted molar refractivity (Wildman–Crippen MR) is 66.5 cm³/mol. The van der Waals surface area contributed by atoms with E-state index in [2.05, 4.69) is 0 Å². The molecule has 0 aromatic heterocycles. The molecule has 0 aliphatic heterocycles. The fourth-order valence-electron chi connectivity index (χ4n) is 2.08. The fourth-order valence-corrected chi connectivity index (χ4v) is 2.08. The highest BCUT2D eigenvalue weighted by atomic mass is 19.4. The van der Waals surface area contributed by atoms with Crippen LogP contribution in [0.1, 0.15) is 23.6 Å². The van der Waals surface area contributed by atoms with E-state index in [9.17, 15) is 22.7 Å². The van der Waals surface area contributed by atoms with Crippen molar-refractivity contribution in [3.05, 3.63) is 71.0 Å². The van der Waals surface area contributed by atoms with Crippen molar-refractivity contribution in [2.75, 3.05) is 0 Å². The van der Waals surface area contributed by atoms with E-state index in [4.69, 9.17) is 0 Å². The van der Waals surface area contributed by atoms with Gasteiger partial charge in [-0.15, -0.1) is 0 Å². The highest BCUT2D eigenvalue weighted by Crippen LogP contribution is 2.39. The maximum atomic E-state index is 13.0. The SMILES string of the molecule is CC(O)(c1ccc(F)cc1)c1ccccc1C(F)(F)F. The Kier molecular flexibility index (Phi) is 3.56. The first-order valence-electron chi connectivity index (χ1n) is 5.88. The number of hydrogen-bond donors (Lipinski definition) is 1. The lowest BCUT2D eigenvalue weighted by molar-refractivity contribution is -0.139. The Labute approximate surface area is 113 Å². The van der Waals surface area contributed by atoms with Crippen LogP contribution in [0.25, 0.3) is 0 Å². The van der Waals surface area contributed by atoms with Gasteiger partial charge in [0.05, 0.1) is 5.56 Å². The Morgan fingerprint density at radius 1 is 0.850 bits per heavy atom. The largest absolute Gasteiger partial charge is 0.416 e. The van der Waals surface area contributed by atoms with E-state index in [0.717, 1.165) is 18.2 Å². The molecule has 1 unspecified atom stereocenters. The maximum Gasteiger partial charge on any atom is 0.416 e. The normalized spacial score (nSPS) is 14.9. The van der Waals surface area contributed by atoms with Crippen molar-refractivity contribution in [2.45, 2.75) is 18.7 Å². The van der Waals surface area contributed by atoms with Crippen LogP contribution < -0.4 is 0 Å². The van der Waals surface area contributed by atoms with Gasteiger partial charge in [-0.1, -0.05) is 30.3 Å². The van der Waals surface area contributed by atoms with Crippen LogP contribution in [0.4, 0.5) is 17.6 Å². The zero-order chi connectivity index (χ0) is 15.0. The van der Waals surface area contributed by atoms with Gasteiger partial charge in [-0.3, -0.25) is 0 Å². The third kappa shape index (κ3) is 2.67. The van der Waals surface area contributed by atoms with Crippen LogP contribution in [0, 0.1) is 5.82 Å². The number of hydrogen-bond acceptors (Lipinski definition) is 1. The smallest absolute Gasteiger partial charge is 0.381 e. The molecule has 0 aliphatic carbocycles. The van der Waals surface area contributed by atoms with Crippen molar-refractivity contribution in [1.29, 1.82) is 0 Å². The monoisotopic (exact) mass is 284 g/mol. The summed E-state index contributed by atoms with van der Waals surface area (Å²) in [6.07, 6.45) is -4.57. The second kappa shape index (κ2) is 4.90. The fraction of sp³-hybridized carbons (Fsp3) is 0.200. The van der Waals surface area contributed by atoms with Gasteiger partial charge in [0.25, 0.3) is 0 Å². The molecule has 0 heterocycles. The van der Waals surface area contributed by atoms with E-state index in [1.165, 1.54) is 37.3 Å². The Hall–Kier alpha value is -1.88. The molecule has 0 aliphatic rings. The van der Waals surface area contributed by atoms with Crippen molar-refractivity contribution in [1.82, 2.24) is 0 Å². The lowest BCUT2D eigenvalue weighted by atomic mass is 9.85. The van der Waals surface area contributed by atoms with Crippen molar-refractivity contribution < 1.29 is 22.7 Å². The zero-order valence-electron chi connectivity index (χ0n) is 10.6. The summed E-state index contributed by atoms with van der Waals surface area (Å²) in [6, 6.07) is 9.53. The predicted octanol–water partition coefficient (Wildman–Crippen LogP) is 4.10. The van der Waals surface area contributed by atoms with Crippen LogP contribution in [-0.4, -0.2) is 5.11 Å². The molecule has 1 nitrogen and oxygen atoms in total. The van der Waals surface area contributed by atoms with Gasteiger partial charge in [-0.2, -0.15) is 13.2 Å². The molecule has 5 heteroatoms.